The van der Waals surface area contributed by atoms with Crippen LogP contribution in [0.1, 0.15) is 31.0 Å². The van der Waals surface area contributed by atoms with Crippen molar-refractivity contribution in [2.24, 2.45) is 5.92 Å². The third-order valence-corrected chi connectivity index (χ3v) is 4.42. The number of anilines is 1. The van der Waals surface area contributed by atoms with Gasteiger partial charge in [-0.3, -0.25) is 0 Å². The largest absolute Gasteiger partial charge is 0.370 e. The molecule has 2 N–H and O–H groups in total. The molecule has 1 unspecified atom stereocenters. The van der Waals surface area contributed by atoms with Crippen LogP contribution in [0.3, 0.4) is 0 Å². The Morgan fingerprint density at radius 1 is 1.22 bits per heavy atom. The van der Waals surface area contributed by atoms with Gasteiger partial charge in [-0.25, -0.2) is 9.97 Å². The van der Waals surface area contributed by atoms with E-state index in [1.807, 2.05) is 0 Å². The monoisotopic (exact) mass is 310 g/mol. The standard InChI is InChI=1S/C19H26N4/c1-3-17-11-18(21-13-15-5-4-10-20-12-15)23-19(22-17)16-8-6-14(2)7-9-16/h6-9,11,15,20H,3-5,10,12-13H2,1-2H3,(H,21,22,23). The van der Waals surface area contributed by atoms with Crippen LogP contribution in [0.2, 0.25) is 0 Å². The normalized spacial score (nSPS) is 17.9. The van der Waals surface area contributed by atoms with Crippen LogP contribution in [-0.4, -0.2) is 29.6 Å². The summed E-state index contributed by atoms with van der Waals surface area (Å²) in [6.07, 6.45) is 3.47. The molecule has 1 aromatic carbocycles. The van der Waals surface area contributed by atoms with E-state index in [4.69, 9.17) is 4.98 Å². The fourth-order valence-electron chi connectivity index (χ4n) is 2.95. The maximum absolute atomic E-state index is 4.72. The Morgan fingerprint density at radius 2 is 2.04 bits per heavy atom. The Labute approximate surface area is 138 Å². The minimum atomic E-state index is 0.687. The minimum Gasteiger partial charge on any atom is -0.370 e. The Hall–Kier alpha value is -1.94. The Balaban J connectivity index is 1.76. The molecule has 122 valence electrons. The van der Waals surface area contributed by atoms with Crippen molar-refractivity contribution in [2.75, 3.05) is 25.0 Å². The lowest BCUT2D eigenvalue weighted by Crippen LogP contribution is -2.33. The summed E-state index contributed by atoms with van der Waals surface area (Å²) in [6.45, 7) is 7.46. The summed E-state index contributed by atoms with van der Waals surface area (Å²) in [7, 11) is 0. The van der Waals surface area contributed by atoms with Gasteiger partial charge in [-0.2, -0.15) is 0 Å². The van der Waals surface area contributed by atoms with E-state index < -0.39 is 0 Å². The van der Waals surface area contributed by atoms with Crippen LogP contribution in [0.15, 0.2) is 30.3 Å². The van der Waals surface area contributed by atoms with Gasteiger partial charge in [-0.1, -0.05) is 36.8 Å². The lowest BCUT2D eigenvalue weighted by atomic mass is 10.00. The summed E-state index contributed by atoms with van der Waals surface area (Å²) < 4.78 is 0. The Bertz CT molecular complexity index is 630. The number of nitrogens with zero attached hydrogens (tertiary/aromatic N) is 2. The van der Waals surface area contributed by atoms with Crippen molar-refractivity contribution in [3.63, 3.8) is 0 Å². The number of piperidine rings is 1. The third kappa shape index (κ3) is 4.29. The summed E-state index contributed by atoms with van der Waals surface area (Å²) in [5.74, 6) is 2.44. The second-order valence-electron chi connectivity index (χ2n) is 6.38. The molecule has 0 spiro atoms. The average molecular weight is 310 g/mol. The van der Waals surface area contributed by atoms with E-state index in [1.54, 1.807) is 0 Å². The molecule has 1 aliphatic rings. The average Bonchev–Trinajstić information content (AvgIpc) is 2.61. The number of nitrogens with one attached hydrogen (secondary N) is 2. The fourth-order valence-corrected chi connectivity index (χ4v) is 2.95. The molecule has 0 radical (unpaired) electrons. The van der Waals surface area contributed by atoms with Gasteiger partial charge in [0, 0.05) is 23.9 Å². The fraction of sp³-hybridized carbons (Fsp3) is 0.474. The van der Waals surface area contributed by atoms with Gasteiger partial charge in [0.25, 0.3) is 0 Å². The number of hydrogen-bond acceptors (Lipinski definition) is 4. The predicted octanol–water partition coefficient (Wildman–Crippen LogP) is 3.43. The van der Waals surface area contributed by atoms with Crippen molar-refractivity contribution in [1.82, 2.24) is 15.3 Å². The summed E-state index contributed by atoms with van der Waals surface area (Å²) in [5, 5.41) is 6.98. The molecule has 0 bridgehead atoms. The molecule has 2 aromatic rings. The van der Waals surface area contributed by atoms with E-state index in [1.165, 1.54) is 18.4 Å². The van der Waals surface area contributed by atoms with E-state index in [2.05, 4.69) is 59.8 Å². The van der Waals surface area contributed by atoms with Crippen LogP contribution < -0.4 is 10.6 Å². The highest BCUT2D eigenvalue weighted by Gasteiger charge is 2.13. The third-order valence-electron chi connectivity index (χ3n) is 4.42. The lowest BCUT2D eigenvalue weighted by Gasteiger charge is -2.23. The summed E-state index contributed by atoms with van der Waals surface area (Å²) in [6, 6.07) is 10.5. The number of hydrogen-bond donors (Lipinski definition) is 2. The van der Waals surface area contributed by atoms with Gasteiger partial charge < -0.3 is 10.6 Å². The molecule has 2 heterocycles. The van der Waals surface area contributed by atoms with Gasteiger partial charge >= 0.3 is 0 Å². The number of aromatic nitrogens is 2. The quantitative estimate of drug-likeness (QED) is 0.888. The topological polar surface area (TPSA) is 49.8 Å². The molecular formula is C19H26N4. The molecule has 23 heavy (non-hydrogen) atoms. The summed E-state index contributed by atoms with van der Waals surface area (Å²) >= 11 is 0. The van der Waals surface area contributed by atoms with Gasteiger partial charge in [0.2, 0.25) is 0 Å². The van der Waals surface area contributed by atoms with Crippen LogP contribution in [0, 0.1) is 12.8 Å². The molecule has 3 rings (SSSR count). The molecule has 0 aliphatic carbocycles. The molecule has 4 nitrogen and oxygen atoms in total. The smallest absolute Gasteiger partial charge is 0.161 e. The van der Waals surface area contributed by atoms with Gasteiger partial charge in [0.15, 0.2) is 5.82 Å². The summed E-state index contributed by atoms with van der Waals surface area (Å²) in [5.41, 5.74) is 3.41. The van der Waals surface area contributed by atoms with E-state index in [-0.39, 0.29) is 0 Å². The number of benzene rings is 1. The van der Waals surface area contributed by atoms with Crippen molar-refractivity contribution in [3.05, 3.63) is 41.6 Å². The molecule has 1 aromatic heterocycles. The SMILES string of the molecule is CCc1cc(NCC2CCCNC2)nc(-c2ccc(C)cc2)n1. The van der Waals surface area contributed by atoms with Gasteiger partial charge in [-0.15, -0.1) is 0 Å². The van der Waals surface area contributed by atoms with Crippen molar-refractivity contribution in [1.29, 1.82) is 0 Å². The predicted molar refractivity (Wildman–Crippen MR) is 95.7 cm³/mol. The van der Waals surface area contributed by atoms with Gasteiger partial charge in [0.05, 0.1) is 0 Å². The van der Waals surface area contributed by atoms with Gasteiger partial charge in [0.1, 0.15) is 5.82 Å². The first-order chi connectivity index (χ1) is 11.2. The molecular weight excluding hydrogens is 284 g/mol. The molecule has 0 saturated carbocycles. The second kappa shape index (κ2) is 7.55. The molecule has 0 amide bonds. The zero-order chi connectivity index (χ0) is 16.1. The van der Waals surface area contributed by atoms with E-state index in [0.29, 0.717) is 5.92 Å². The molecule has 1 saturated heterocycles. The highest BCUT2D eigenvalue weighted by molar-refractivity contribution is 5.58. The molecule has 1 atom stereocenters. The lowest BCUT2D eigenvalue weighted by molar-refractivity contribution is 0.392. The first-order valence-electron chi connectivity index (χ1n) is 8.64. The van der Waals surface area contributed by atoms with E-state index in [9.17, 15) is 0 Å². The van der Waals surface area contributed by atoms with Crippen molar-refractivity contribution < 1.29 is 0 Å². The van der Waals surface area contributed by atoms with Gasteiger partial charge in [-0.05, 0) is 45.2 Å². The Kier molecular flexibility index (Phi) is 5.23. The first-order valence-corrected chi connectivity index (χ1v) is 8.64. The van der Waals surface area contributed by atoms with Crippen molar-refractivity contribution in [2.45, 2.75) is 33.1 Å². The maximum atomic E-state index is 4.72. The molecule has 1 aliphatic heterocycles. The highest BCUT2D eigenvalue weighted by Crippen LogP contribution is 2.20. The van der Waals surface area contributed by atoms with Crippen LogP contribution in [0.5, 0.6) is 0 Å². The second-order valence-corrected chi connectivity index (χ2v) is 6.38. The molecule has 1 fully saturated rings. The number of rotatable bonds is 5. The van der Waals surface area contributed by atoms with Crippen LogP contribution in [-0.2, 0) is 6.42 Å². The van der Waals surface area contributed by atoms with E-state index >= 15 is 0 Å². The first kappa shape index (κ1) is 15.9. The van der Waals surface area contributed by atoms with Crippen molar-refractivity contribution in [3.8, 4) is 11.4 Å². The van der Waals surface area contributed by atoms with Crippen molar-refractivity contribution >= 4 is 5.82 Å². The summed E-state index contributed by atoms with van der Waals surface area (Å²) in [4.78, 5) is 9.41. The van der Waals surface area contributed by atoms with Crippen LogP contribution in [0.4, 0.5) is 5.82 Å². The van der Waals surface area contributed by atoms with Crippen LogP contribution in [0.25, 0.3) is 11.4 Å². The molecule has 4 heteroatoms. The highest BCUT2D eigenvalue weighted by atomic mass is 15.0. The van der Waals surface area contributed by atoms with Crippen LogP contribution >= 0.6 is 0 Å². The zero-order valence-corrected chi connectivity index (χ0v) is 14.1. The zero-order valence-electron chi connectivity index (χ0n) is 14.1. The number of aryl methyl sites for hydroxylation is 2. The minimum absolute atomic E-state index is 0.687. The van der Waals surface area contributed by atoms with E-state index in [0.717, 1.165) is 49.0 Å². The Morgan fingerprint density at radius 3 is 2.74 bits per heavy atom. The maximum Gasteiger partial charge on any atom is 0.161 e.